The first kappa shape index (κ1) is 19.4. The molecule has 2 aromatic rings. The van der Waals surface area contributed by atoms with Crippen molar-refractivity contribution in [1.82, 2.24) is 9.80 Å². The van der Waals surface area contributed by atoms with E-state index in [4.69, 9.17) is 18.9 Å². The Kier molecular flexibility index (Phi) is 5.76. The molecule has 29 heavy (non-hydrogen) atoms. The van der Waals surface area contributed by atoms with Gasteiger partial charge in [0.05, 0.1) is 20.6 Å². The van der Waals surface area contributed by atoms with Gasteiger partial charge in [-0.2, -0.15) is 0 Å². The molecule has 0 aliphatic carbocycles. The van der Waals surface area contributed by atoms with Crippen molar-refractivity contribution in [3.63, 3.8) is 0 Å². The number of fused-ring (bicyclic) bond motifs is 1. The van der Waals surface area contributed by atoms with Crippen molar-refractivity contribution in [1.29, 1.82) is 0 Å². The SMILES string of the molecule is COc1ccc(CC(=O)N2CCN(Cc3ccc4c(c3)OCO4)CC2)cc1OC. The Balaban J connectivity index is 1.29. The van der Waals surface area contributed by atoms with Crippen LogP contribution in [0.4, 0.5) is 0 Å². The van der Waals surface area contributed by atoms with Gasteiger partial charge in [-0.3, -0.25) is 9.69 Å². The van der Waals surface area contributed by atoms with Crippen LogP contribution < -0.4 is 18.9 Å². The maximum absolute atomic E-state index is 12.7. The van der Waals surface area contributed by atoms with Gasteiger partial charge < -0.3 is 23.8 Å². The van der Waals surface area contributed by atoms with Gasteiger partial charge in [0, 0.05) is 32.7 Å². The summed E-state index contributed by atoms with van der Waals surface area (Å²) in [5.74, 6) is 3.07. The summed E-state index contributed by atoms with van der Waals surface area (Å²) in [6.07, 6.45) is 0.364. The predicted octanol–water partition coefficient (Wildman–Crippen LogP) is 2.32. The number of ether oxygens (including phenoxy) is 4. The molecule has 2 aliphatic heterocycles. The van der Waals surface area contributed by atoms with Crippen LogP contribution in [0.25, 0.3) is 0 Å². The van der Waals surface area contributed by atoms with E-state index in [2.05, 4.69) is 11.0 Å². The minimum atomic E-state index is 0.139. The number of carbonyl (C=O) groups excluding carboxylic acids is 1. The molecule has 0 aromatic heterocycles. The molecule has 1 amide bonds. The largest absolute Gasteiger partial charge is 0.493 e. The van der Waals surface area contributed by atoms with Gasteiger partial charge in [0.1, 0.15) is 0 Å². The highest BCUT2D eigenvalue weighted by molar-refractivity contribution is 5.79. The number of hydrogen-bond acceptors (Lipinski definition) is 6. The molecule has 7 nitrogen and oxygen atoms in total. The molecular formula is C22H26N2O5. The highest BCUT2D eigenvalue weighted by Gasteiger charge is 2.22. The number of carbonyl (C=O) groups is 1. The number of methoxy groups -OCH3 is 2. The number of piperazine rings is 1. The first-order valence-corrected chi connectivity index (χ1v) is 9.76. The van der Waals surface area contributed by atoms with Crippen LogP contribution in [0.3, 0.4) is 0 Å². The van der Waals surface area contributed by atoms with Crippen molar-refractivity contribution < 1.29 is 23.7 Å². The van der Waals surface area contributed by atoms with Crippen molar-refractivity contribution in [3.05, 3.63) is 47.5 Å². The van der Waals surface area contributed by atoms with Gasteiger partial charge in [0.25, 0.3) is 0 Å². The summed E-state index contributed by atoms with van der Waals surface area (Å²) in [6.45, 7) is 4.31. The van der Waals surface area contributed by atoms with Crippen molar-refractivity contribution in [3.8, 4) is 23.0 Å². The van der Waals surface area contributed by atoms with Gasteiger partial charge in [0.15, 0.2) is 23.0 Å². The van der Waals surface area contributed by atoms with E-state index in [1.807, 2.05) is 35.2 Å². The van der Waals surface area contributed by atoms with Gasteiger partial charge >= 0.3 is 0 Å². The summed E-state index contributed by atoms with van der Waals surface area (Å²) in [5, 5.41) is 0. The Morgan fingerprint density at radius 2 is 1.62 bits per heavy atom. The number of hydrogen-bond donors (Lipinski definition) is 0. The lowest BCUT2D eigenvalue weighted by molar-refractivity contribution is -0.132. The monoisotopic (exact) mass is 398 g/mol. The molecule has 0 radical (unpaired) electrons. The van der Waals surface area contributed by atoms with Gasteiger partial charge in [0.2, 0.25) is 12.7 Å². The molecule has 0 saturated carbocycles. The maximum atomic E-state index is 12.7. The van der Waals surface area contributed by atoms with Crippen LogP contribution in [0, 0.1) is 0 Å². The fourth-order valence-electron chi connectivity index (χ4n) is 3.73. The van der Waals surface area contributed by atoms with E-state index in [0.717, 1.165) is 49.8 Å². The van der Waals surface area contributed by atoms with Gasteiger partial charge in [-0.25, -0.2) is 0 Å². The van der Waals surface area contributed by atoms with E-state index >= 15 is 0 Å². The third-order valence-electron chi connectivity index (χ3n) is 5.37. The Bertz CT molecular complexity index is 878. The zero-order valence-corrected chi connectivity index (χ0v) is 16.8. The van der Waals surface area contributed by atoms with Crippen molar-refractivity contribution in [2.75, 3.05) is 47.2 Å². The number of rotatable bonds is 6. The van der Waals surface area contributed by atoms with Crippen LogP contribution in [0.5, 0.6) is 23.0 Å². The molecule has 0 spiro atoms. The minimum Gasteiger partial charge on any atom is -0.493 e. The molecule has 7 heteroatoms. The molecule has 1 saturated heterocycles. The van der Waals surface area contributed by atoms with Crippen LogP contribution >= 0.6 is 0 Å². The van der Waals surface area contributed by atoms with Crippen LogP contribution in [0.2, 0.25) is 0 Å². The quantitative estimate of drug-likeness (QED) is 0.744. The zero-order valence-electron chi connectivity index (χ0n) is 16.8. The Labute approximate surface area is 170 Å². The maximum Gasteiger partial charge on any atom is 0.231 e. The molecule has 0 N–H and O–H groups in total. The minimum absolute atomic E-state index is 0.139. The Hall–Kier alpha value is -2.93. The molecule has 0 unspecified atom stereocenters. The average molecular weight is 398 g/mol. The summed E-state index contributed by atoms with van der Waals surface area (Å²) >= 11 is 0. The molecule has 0 atom stereocenters. The zero-order chi connectivity index (χ0) is 20.2. The second-order valence-electron chi connectivity index (χ2n) is 7.21. The van der Waals surface area contributed by atoms with E-state index < -0.39 is 0 Å². The standard InChI is InChI=1S/C22H26N2O5/c1-26-18-5-3-16(11-20(18)27-2)13-22(25)24-9-7-23(8-10-24)14-17-4-6-19-21(12-17)29-15-28-19/h3-6,11-12H,7-10,13-15H2,1-2H3. The van der Waals surface area contributed by atoms with Crippen LogP contribution in [-0.2, 0) is 17.8 Å². The Morgan fingerprint density at radius 3 is 2.38 bits per heavy atom. The summed E-state index contributed by atoms with van der Waals surface area (Å²) in [6, 6.07) is 11.7. The molecule has 2 heterocycles. The smallest absolute Gasteiger partial charge is 0.231 e. The molecule has 0 bridgehead atoms. The fraction of sp³-hybridized carbons (Fsp3) is 0.409. The third kappa shape index (κ3) is 4.40. The normalized spacial score (nSPS) is 16.0. The summed E-state index contributed by atoms with van der Waals surface area (Å²) in [4.78, 5) is 17.0. The van der Waals surface area contributed by atoms with E-state index in [0.29, 0.717) is 24.7 Å². The molecule has 1 fully saturated rings. The summed E-state index contributed by atoms with van der Waals surface area (Å²) in [5.41, 5.74) is 2.12. The van der Waals surface area contributed by atoms with E-state index in [1.54, 1.807) is 14.2 Å². The van der Waals surface area contributed by atoms with E-state index in [1.165, 1.54) is 5.56 Å². The van der Waals surface area contributed by atoms with E-state index in [-0.39, 0.29) is 5.91 Å². The third-order valence-corrected chi connectivity index (χ3v) is 5.37. The number of nitrogens with zero attached hydrogens (tertiary/aromatic N) is 2. The van der Waals surface area contributed by atoms with E-state index in [9.17, 15) is 4.79 Å². The first-order chi connectivity index (χ1) is 14.2. The number of benzene rings is 2. The van der Waals surface area contributed by atoms with Crippen molar-refractivity contribution >= 4 is 5.91 Å². The summed E-state index contributed by atoms with van der Waals surface area (Å²) < 4.78 is 21.4. The first-order valence-electron chi connectivity index (χ1n) is 9.76. The number of amides is 1. The Morgan fingerprint density at radius 1 is 0.897 bits per heavy atom. The van der Waals surface area contributed by atoms with Crippen LogP contribution in [0.15, 0.2) is 36.4 Å². The lowest BCUT2D eigenvalue weighted by Crippen LogP contribution is -2.48. The van der Waals surface area contributed by atoms with Crippen molar-refractivity contribution in [2.24, 2.45) is 0 Å². The molecule has 154 valence electrons. The molecule has 4 rings (SSSR count). The van der Waals surface area contributed by atoms with Gasteiger partial charge in [-0.1, -0.05) is 12.1 Å². The van der Waals surface area contributed by atoms with Gasteiger partial charge in [-0.15, -0.1) is 0 Å². The van der Waals surface area contributed by atoms with Crippen molar-refractivity contribution in [2.45, 2.75) is 13.0 Å². The second kappa shape index (κ2) is 8.61. The predicted molar refractivity (Wildman–Crippen MR) is 108 cm³/mol. The molecule has 2 aliphatic rings. The second-order valence-corrected chi connectivity index (χ2v) is 7.21. The molecule has 2 aromatic carbocycles. The fourth-order valence-corrected chi connectivity index (χ4v) is 3.73. The van der Waals surface area contributed by atoms with Crippen LogP contribution in [-0.4, -0.2) is 62.9 Å². The lowest BCUT2D eigenvalue weighted by atomic mass is 10.1. The topological polar surface area (TPSA) is 60.5 Å². The lowest BCUT2D eigenvalue weighted by Gasteiger charge is -2.35. The highest BCUT2D eigenvalue weighted by Crippen LogP contribution is 2.33. The van der Waals surface area contributed by atoms with Gasteiger partial charge in [-0.05, 0) is 35.4 Å². The van der Waals surface area contributed by atoms with Crippen LogP contribution in [0.1, 0.15) is 11.1 Å². The highest BCUT2D eigenvalue weighted by atomic mass is 16.7. The summed E-state index contributed by atoms with van der Waals surface area (Å²) in [7, 11) is 3.20. The average Bonchev–Trinajstić information content (AvgIpc) is 3.22. The molecular weight excluding hydrogens is 372 g/mol.